The molecule has 0 aliphatic heterocycles. The second-order valence-electron chi connectivity index (χ2n) is 3.57. The van der Waals surface area contributed by atoms with Crippen LogP contribution in [0.2, 0.25) is 0 Å². The van der Waals surface area contributed by atoms with Crippen LogP contribution in [0.3, 0.4) is 0 Å². The molecule has 16 heavy (non-hydrogen) atoms. The molecule has 0 unspecified atom stereocenters. The standard InChI is InChI=1S/C12H20N2OS/c1-2-6-13-10-11-5-3-7-14-12(11)16-9-4-8-15/h3,5,7,13,15H,2,4,6,8-10H2,1H3. The summed E-state index contributed by atoms with van der Waals surface area (Å²) in [5, 5.41) is 13.2. The van der Waals surface area contributed by atoms with Crippen LogP contribution in [-0.4, -0.2) is 29.0 Å². The first kappa shape index (κ1) is 13.5. The maximum absolute atomic E-state index is 8.74. The fraction of sp³-hybridized carbons (Fsp3) is 0.583. The molecule has 0 amide bonds. The van der Waals surface area contributed by atoms with Crippen LogP contribution in [0.4, 0.5) is 0 Å². The van der Waals surface area contributed by atoms with E-state index in [1.54, 1.807) is 11.8 Å². The highest BCUT2D eigenvalue weighted by molar-refractivity contribution is 7.99. The van der Waals surface area contributed by atoms with Crippen molar-refractivity contribution in [3.63, 3.8) is 0 Å². The Morgan fingerprint density at radius 3 is 3.12 bits per heavy atom. The lowest BCUT2D eigenvalue weighted by Crippen LogP contribution is -2.14. The number of aromatic nitrogens is 1. The van der Waals surface area contributed by atoms with E-state index >= 15 is 0 Å². The largest absolute Gasteiger partial charge is 0.396 e. The molecule has 0 atom stereocenters. The van der Waals surface area contributed by atoms with Crippen LogP contribution in [0.1, 0.15) is 25.3 Å². The summed E-state index contributed by atoms with van der Waals surface area (Å²) in [5.74, 6) is 0.925. The summed E-state index contributed by atoms with van der Waals surface area (Å²) in [5.41, 5.74) is 1.25. The number of hydrogen-bond donors (Lipinski definition) is 2. The van der Waals surface area contributed by atoms with Crippen LogP contribution in [0.15, 0.2) is 23.4 Å². The van der Waals surface area contributed by atoms with E-state index in [9.17, 15) is 0 Å². The van der Waals surface area contributed by atoms with E-state index in [0.717, 1.165) is 36.7 Å². The predicted octanol–water partition coefficient (Wildman–Crippen LogP) is 2.06. The van der Waals surface area contributed by atoms with Gasteiger partial charge in [-0.05, 0) is 31.0 Å². The number of thioether (sulfide) groups is 1. The van der Waals surface area contributed by atoms with Gasteiger partial charge < -0.3 is 10.4 Å². The van der Waals surface area contributed by atoms with Gasteiger partial charge >= 0.3 is 0 Å². The first-order valence-electron chi connectivity index (χ1n) is 5.76. The summed E-state index contributed by atoms with van der Waals surface area (Å²) >= 11 is 1.72. The molecule has 4 heteroatoms. The summed E-state index contributed by atoms with van der Waals surface area (Å²) in [7, 11) is 0. The number of aliphatic hydroxyl groups excluding tert-OH is 1. The van der Waals surface area contributed by atoms with E-state index in [4.69, 9.17) is 5.11 Å². The predicted molar refractivity (Wildman–Crippen MR) is 68.7 cm³/mol. The van der Waals surface area contributed by atoms with Gasteiger partial charge in [0.25, 0.3) is 0 Å². The van der Waals surface area contributed by atoms with E-state index in [1.165, 1.54) is 5.56 Å². The lowest BCUT2D eigenvalue weighted by molar-refractivity contribution is 0.296. The topological polar surface area (TPSA) is 45.2 Å². The van der Waals surface area contributed by atoms with Gasteiger partial charge in [-0.3, -0.25) is 0 Å². The number of nitrogens with zero attached hydrogens (tertiary/aromatic N) is 1. The van der Waals surface area contributed by atoms with Crippen LogP contribution in [0.25, 0.3) is 0 Å². The maximum atomic E-state index is 8.74. The van der Waals surface area contributed by atoms with Crippen molar-refractivity contribution in [2.75, 3.05) is 18.9 Å². The van der Waals surface area contributed by atoms with Gasteiger partial charge in [0.15, 0.2) is 0 Å². The first-order valence-corrected chi connectivity index (χ1v) is 6.75. The van der Waals surface area contributed by atoms with Gasteiger partial charge in [0.1, 0.15) is 5.03 Å². The monoisotopic (exact) mass is 240 g/mol. The average molecular weight is 240 g/mol. The van der Waals surface area contributed by atoms with Crippen molar-refractivity contribution in [3.8, 4) is 0 Å². The minimum atomic E-state index is 0.253. The minimum Gasteiger partial charge on any atom is -0.396 e. The van der Waals surface area contributed by atoms with Gasteiger partial charge in [-0.2, -0.15) is 0 Å². The van der Waals surface area contributed by atoms with Crippen molar-refractivity contribution in [2.24, 2.45) is 0 Å². The minimum absolute atomic E-state index is 0.253. The lowest BCUT2D eigenvalue weighted by atomic mass is 10.3. The van der Waals surface area contributed by atoms with Crippen molar-refractivity contribution in [2.45, 2.75) is 31.3 Å². The number of nitrogens with one attached hydrogen (secondary N) is 1. The highest BCUT2D eigenvalue weighted by Gasteiger charge is 2.02. The molecule has 0 aliphatic carbocycles. The third-order valence-electron chi connectivity index (χ3n) is 2.13. The number of hydrogen-bond acceptors (Lipinski definition) is 4. The Labute approximate surface area is 102 Å². The molecule has 0 spiro atoms. The number of rotatable bonds is 8. The van der Waals surface area contributed by atoms with Gasteiger partial charge in [-0.1, -0.05) is 13.0 Å². The Kier molecular flexibility index (Phi) is 7.21. The maximum Gasteiger partial charge on any atom is 0.100 e. The molecule has 0 radical (unpaired) electrons. The zero-order valence-electron chi connectivity index (χ0n) is 9.78. The molecule has 90 valence electrons. The van der Waals surface area contributed by atoms with Gasteiger partial charge in [-0.25, -0.2) is 4.98 Å². The fourth-order valence-corrected chi connectivity index (χ4v) is 2.25. The molecule has 1 aromatic heterocycles. The number of pyridine rings is 1. The highest BCUT2D eigenvalue weighted by atomic mass is 32.2. The number of aliphatic hydroxyl groups is 1. The second-order valence-corrected chi connectivity index (χ2v) is 4.65. The van der Waals surface area contributed by atoms with Crippen molar-refractivity contribution >= 4 is 11.8 Å². The highest BCUT2D eigenvalue weighted by Crippen LogP contribution is 2.20. The Hall–Kier alpha value is -0.580. The van der Waals surface area contributed by atoms with Gasteiger partial charge in [0.05, 0.1) is 0 Å². The molecular formula is C12H20N2OS. The molecule has 0 aromatic carbocycles. The Bertz CT molecular complexity index is 265. The van der Waals surface area contributed by atoms with E-state index < -0.39 is 0 Å². The van der Waals surface area contributed by atoms with Gasteiger partial charge in [0, 0.05) is 25.1 Å². The zero-order valence-corrected chi connectivity index (χ0v) is 10.6. The molecule has 0 aliphatic rings. The molecule has 1 heterocycles. The van der Waals surface area contributed by atoms with Crippen LogP contribution in [-0.2, 0) is 6.54 Å². The molecule has 0 saturated carbocycles. The Morgan fingerprint density at radius 2 is 2.38 bits per heavy atom. The zero-order chi connectivity index (χ0) is 11.6. The molecule has 3 nitrogen and oxygen atoms in total. The van der Waals surface area contributed by atoms with Crippen LogP contribution in [0.5, 0.6) is 0 Å². The Morgan fingerprint density at radius 1 is 1.50 bits per heavy atom. The van der Waals surface area contributed by atoms with Gasteiger partial charge in [0.2, 0.25) is 0 Å². The molecule has 0 bridgehead atoms. The van der Waals surface area contributed by atoms with E-state index in [2.05, 4.69) is 23.3 Å². The Balaban J connectivity index is 2.46. The quantitative estimate of drug-likeness (QED) is 0.539. The summed E-state index contributed by atoms with van der Waals surface area (Å²) in [6.45, 7) is 4.33. The third-order valence-corrected chi connectivity index (χ3v) is 3.27. The van der Waals surface area contributed by atoms with Crippen molar-refractivity contribution in [3.05, 3.63) is 23.9 Å². The summed E-state index contributed by atoms with van der Waals surface area (Å²) in [4.78, 5) is 4.37. The average Bonchev–Trinajstić information content (AvgIpc) is 2.32. The summed E-state index contributed by atoms with van der Waals surface area (Å²) < 4.78 is 0. The lowest BCUT2D eigenvalue weighted by Gasteiger charge is -2.08. The smallest absolute Gasteiger partial charge is 0.100 e. The first-order chi connectivity index (χ1) is 7.88. The molecular weight excluding hydrogens is 220 g/mol. The summed E-state index contributed by atoms with van der Waals surface area (Å²) in [6, 6.07) is 4.08. The normalized spacial score (nSPS) is 10.6. The van der Waals surface area contributed by atoms with Crippen molar-refractivity contribution in [1.82, 2.24) is 10.3 Å². The van der Waals surface area contributed by atoms with Crippen molar-refractivity contribution in [1.29, 1.82) is 0 Å². The van der Waals surface area contributed by atoms with Crippen molar-refractivity contribution < 1.29 is 5.11 Å². The molecule has 2 N–H and O–H groups in total. The molecule has 0 fully saturated rings. The van der Waals surface area contributed by atoms with Crippen LogP contribution in [0, 0.1) is 0 Å². The SMILES string of the molecule is CCCNCc1cccnc1SCCCO. The molecule has 1 aromatic rings. The van der Waals surface area contributed by atoms with E-state index in [0.29, 0.717) is 0 Å². The summed E-state index contributed by atoms with van der Waals surface area (Å²) in [6.07, 6.45) is 3.79. The fourth-order valence-electron chi connectivity index (χ4n) is 1.32. The second kappa shape index (κ2) is 8.56. The third kappa shape index (κ3) is 4.96. The molecule has 1 rings (SSSR count). The van der Waals surface area contributed by atoms with Crippen LogP contribution < -0.4 is 5.32 Å². The van der Waals surface area contributed by atoms with Crippen LogP contribution >= 0.6 is 11.8 Å². The molecule has 0 saturated heterocycles. The van der Waals surface area contributed by atoms with E-state index in [1.807, 2.05) is 12.3 Å². The van der Waals surface area contributed by atoms with Gasteiger partial charge in [-0.15, -0.1) is 11.8 Å². The van der Waals surface area contributed by atoms with E-state index in [-0.39, 0.29) is 6.61 Å².